The zero-order chi connectivity index (χ0) is 23.8. The minimum atomic E-state index is -1.39. The molecule has 0 fully saturated rings. The van der Waals surface area contributed by atoms with Gasteiger partial charge in [0.05, 0.1) is 19.0 Å². The number of amides is 4. The largest absolute Gasteiger partial charge is 0.480 e. The van der Waals surface area contributed by atoms with E-state index >= 15 is 0 Å². The topological polar surface area (TPSA) is 246 Å². The molecule has 0 bridgehead atoms. The quantitative estimate of drug-likeness (QED) is 0.104. The molecule has 0 aromatic carbocycles. The van der Waals surface area contributed by atoms with Gasteiger partial charge in [-0.3, -0.25) is 19.2 Å². The Morgan fingerprint density at radius 1 is 0.806 bits per heavy atom. The lowest BCUT2D eigenvalue weighted by molar-refractivity contribution is -0.142. The van der Waals surface area contributed by atoms with Crippen molar-refractivity contribution in [2.75, 3.05) is 19.6 Å². The van der Waals surface area contributed by atoms with E-state index < -0.39 is 60.7 Å². The van der Waals surface area contributed by atoms with E-state index in [0.717, 1.165) is 6.42 Å². The molecule has 31 heavy (non-hydrogen) atoms. The van der Waals surface area contributed by atoms with Crippen LogP contribution in [0.15, 0.2) is 0 Å². The third kappa shape index (κ3) is 13.2. The first-order valence-electron chi connectivity index (χ1n) is 10.2. The number of rotatable bonds is 17. The number of aliphatic carboxylic acids is 1. The van der Waals surface area contributed by atoms with E-state index in [1.165, 1.54) is 0 Å². The number of carboxylic acids is 1. The minimum Gasteiger partial charge on any atom is -0.480 e. The minimum absolute atomic E-state index is 0.133. The van der Waals surface area contributed by atoms with Gasteiger partial charge in [-0.1, -0.05) is 6.42 Å². The van der Waals surface area contributed by atoms with Crippen molar-refractivity contribution in [3.05, 3.63) is 0 Å². The third-order valence-electron chi connectivity index (χ3n) is 4.35. The van der Waals surface area contributed by atoms with Gasteiger partial charge in [0.15, 0.2) is 0 Å². The highest BCUT2D eigenvalue weighted by atomic mass is 16.4. The van der Waals surface area contributed by atoms with Crippen LogP contribution in [-0.4, -0.2) is 72.5 Å². The average Bonchev–Trinajstić information content (AvgIpc) is 2.70. The van der Waals surface area contributed by atoms with Crippen LogP contribution < -0.4 is 38.9 Å². The molecule has 0 rings (SSSR count). The van der Waals surface area contributed by atoms with Gasteiger partial charge in [0.1, 0.15) is 12.1 Å². The standard InChI is InChI=1S/C18H35N7O6/c19-7-3-1-5-11(21)16(28)23-10-15(27)24-13(9-14(22)26)17(29)25-12(18(30)31)6-2-4-8-20/h11-13H,1-10,19-21H2,(H2,22,26)(H,23,28)(H,24,27)(H,25,29)(H,30,31). The van der Waals surface area contributed by atoms with Gasteiger partial charge >= 0.3 is 5.97 Å². The molecular weight excluding hydrogens is 410 g/mol. The van der Waals surface area contributed by atoms with Crippen molar-refractivity contribution >= 4 is 29.6 Å². The van der Waals surface area contributed by atoms with E-state index in [9.17, 15) is 29.1 Å². The predicted octanol–water partition coefficient (Wildman–Crippen LogP) is -3.38. The van der Waals surface area contributed by atoms with Crippen molar-refractivity contribution in [2.45, 2.75) is 63.1 Å². The van der Waals surface area contributed by atoms with Crippen LogP contribution in [0.4, 0.5) is 0 Å². The van der Waals surface area contributed by atoms with Crippen LogP contribution in [0, 0.1) is 0 Å². The van der Waals surface area contributed by atoms with Crippen LogP contribution >= 0.6 is 0 Å². The summed E-state index contributed by atoms with van der Waals surface area (Å²) in [6, 6.07) is -3.41. The van der Waals surface area contributed by atoms with Gasteiger partial charge in [-0.05, 0) is 45.2 Å². The van der Waals surface area contributed by atoms with Crippen LogP contribution in [0.3, 0.4) is 0 Å². The number of hydrogen-bond donors (Lipinski definition) is 8. The normalized spacial score (nSPS) is 13.5. The van der Waals surface area contributed by atoms with E-state index in [1.807, 2.05) is 0 Å². The molecule has 0 radical (unpaired) electrons. The van der Waals surface area contributed by atoms with Crippen molar-refractivity contribution in [1.29, 1.82) is 0 Å². The molecule has 13 nitrogen and oxygen atoms in total. The molecule has 0 spiro atoms. The Morgan fingerprint density at radius 3 is 1.90 bits per heavy atom. The summed E-state index contributed by atoms with van der Waals surface area (Å²) >= 11 is 0. The lowest BCUT2D eigenvalue weighted by atomic mass is 10.1. The number of carbonyl (C=O) groups is 5. The number of carbonyl (C=O) groups excluding carboxylic acids is 4. The maximum atomic E-state index is 12.4. The Hall–Kier alpha value is -2.77. The Kier molecular flexibility index (Phi) is 14.6. The van der Waals surface area contributed by atoms with Crippen LogP contribution in [0.25, 0.3) is 0 Å². The monoisotopic (exact) mass is 445 g/mol. The molecule has 3 atom stereocenters. The molecule has 0 aliphatic heterocycles. The third-order valence-corrected chi connectivity index (χ3v) is 4.35. The van der Waals surface area contributed by atoms with Gasteiger partial charge in [-0.15, -0.1) is 0 Å². The first kappa shape index (κ1) is 28.2. The molecule has 0 aliphatic carbocycles. The Bertz CT molecular complexity index is 616. The van der Waals surface area contributed by atoms with Crippen LogP contribution in [0.5, 0.6) is 0 Å². The lowest BCUT2D eigenvalue weighted by Gasteiger charge is -2.21. The van der Waals surface area contributed by atoms with Gasteiger partial charge in [-0.25, -0.2) is 4.79 Å². The maximum Gasteiger partial charge on any atom is 0.326 e. The summed E-state index contributed by atoms with van der Waals surface area (Å²) in [5.74, 6) is -4.32. The van der Waals surface area contributed by atoms with Crippen molar-refractivity contribution in [2.24, 2.45) is 22.9 Å². The molecule has 4 amide bonds. The number of carboxylic acid groups (broad SMARTS) is 1. The van der Waals surface area contributed by atoms with Crippen molar-refractivity contribution < 1.29 is 29.1 Å². The Balaban J connectivity index is 4.79. The molecule has 0 aliphatic rings. The molecule has 0 saturated carbocycles. The molecule has 13 heteroatoms. The zero-order valence-corrected chi connectivity index (χ0v) is 17.6. The number of hydrogen-bond acceptors (Lipinski definition) is 8. The van der Waals surface area contributed by atoms with Gasteiger partial charge < -0.3 is 44.0 Å². The summed E-state index contributed by atoms with van der Waals surface area (Å²) in [7, 11) is 0. The van der Waals surface area contributed by atoms with Crippen LogP contribution in [0.1, 0.15) is 44.9 Å². The van der Waals surface area contributed by atoms with E-state index in [2.05, 4.69) is 16.0 Å². The fourth-order valence-electron chi connectivity index (χ4n) is 2.62. The Labute approximate surface area is 181 Å². The van der Waals surface area contributed by atoms with Crippen LogP contribution in [-0.2, 0) is 24.0 Å². The summed E-state index contributed by atoms with van der Waals surface area (Å²) in [4.78, 5) is 59.1. The SMILES string of the molecule is NCCCCC(N)C(=O)NCC(=O)NC(CC(N)=O)C(=O)NC(CCCCN)C(=O)O. The Morgan fingerprint density at radius 2 is 1.39 bits per heavy atom. The number of primary amides is 1. The molecular formula is C18H35N7O6. The zero-order valence-electron chi connectivity index (χ0n) is 17.6. The molecule has 0 aromatic heterocycles. The molecule has 12 N–H and O–H groups in total. The van der Waals surface area contributed by atoms with Gasteiger partial charge in [0.2, 0.25) is 23.6 Å². The van der Waals surface area contributed by atoms with E-state index in [0.29, 0.717) is 38.8 Å². The van der Waals surface area contributed by atoms with E-state index in [-0.39, 0.29) is 6.42 Å². The molecule has 0 saturated heterocycles. The smallest absolute Gasteiger partial charge is 0.326 e. The van der Waals surface area contributed by atoms with Crippen molar-refractivity contribution in [3.63, 3.8) is 0 Å². The number of nitrogens with two attached hydrogens (primary N) is 4. The second kappa shape index (κ2) is 16.0. The fraction of sp³-hybridized carbons (Fsp3) is 0.722. The second-order valence-electron chi connectivity index (χ2n) is 7.08. The molecule has 0 aromatic rings. The second-order valence-corrected chi connectivity index (χ2v) is 7.08. The highest BCUT2D eigenvalue weighted by Gasteiger charge is 2.27. The van der Waals surface area contributed by atoms with Crippen molar-refractivity contribution in [3.8, 4) is 0 Å². The summed E-state index contributed by atoms with van der Waals surface area (Å²) in [6.45, 7) is 0.379. The highest BCUT2D eigenvalue weighted by molar-refractivity contribution is 5.94. The van der Waals surface area contributed by atoms with Gasteiger partial charge in [0, 0.05) is 0 Å². The summed E-state index contributed by atoms with van der Waals surface area (Å²) in [5, 5.41) is 16.1. The first-order chi connectivity index (χ1) is 14.6. The lowest BCUT2D eigenvalue weighted by Crippen LogP contribution is -2.54. The van der Waals surface area contributed by atoms with Crippen LogP contribution in [0.2, 0.25) is 0 Å². The summed E-state index contributed by atoms with van der Waals surface area (Å²) in [5.41, 5.74) is 21.6. The molecule has 0 heterocycles. The fourth-order valence-corrected chi connectivity index (χ4v) is 2.62. The van der Waals surface area contributed by atoms with Crippen molar-refractivity contribution in [1.82, 2.24) is 16.0 Å². The maximum absolute atomic E-state index is 12.4. The molecule has 3 unspecified atom stereocenters. The number of nitrogens with one attached hydrogen (secondary N) is 3. The summed E-state index contributed by atoms with van der Waals surface area (Å²) < 4.78 is 0. The first-order valence-corrected chi connectivity index (χ1v) is 10.2. The van der Waals surface area contributed by atoms with Gasteiger partial charge in [0.25, 0.3) is 0 Å². The molecule has 178 valence electrons. The predicted molar refractivity (Wildman–Crippen MR) is 112 cm³/mol. The number of unbranched alkanes of at least 4 members (excludes halogenated alkanes) is 2. The summed E-state index contributed by atoms with van der Waals surface area (Å²) in [6.07, 6.45) is 2.42. The van der Waals surface area contributed by atoms with E-state index in [4.69, 9.17) is 22.9 Å². The average molecular weight is 446 g/mol. The highest BCUT2D eigenvalue weighted by Crippen LogP contribution is 2.03. The van der Waals surface area contributed by atoms with E-state index in [1.54, 1.807) is 0 Å². The van der Waals surface area contributed by atoms with Gasteiger partial charge in [-0.2, -0.15) is 0 Å².